The van der Waals surface area contributed by atoms with Gasteiger partial charge in [-0.3, -0.25) is 0 Å². The molecule has 0 amide bonds. The molecule has 0 aliphatic heterocycles. The van der Waals surface area contributed by atoms with E-state index in [0.29, 0.717) is 5.92 Å². The second-order valence-corrected chi connectivity index (χ2v) is 12.0. The molecule has 0 saturated heterocycles. The molecule has 184 valence electrons. The van der Waals surface area contributed by atoms with Crippen LogP contribution in [0.3, 0.4) is 0 Å². The number of rotatable bonds is 3. The third-order valence-electron chi connectivity index (χ3n) is 8.57. The van der Waals surface area contributed by atoms with Crippen LogP contribution in [-0.4, -0.2) is 0 Å². The van der Waals surface area contributed by atoms with Crippen LogP contribution in [0.5, 0.6) is 0 Å². The van der Waals surface area contributed by atoms with E-state index in [0.717, 1.165) is 6.42 Å². The molecular formula is C37H29I. The number of hydrogen-bond acceptors (Lipinski definition) is 0. The standard InChI is InChI=1S/C37H29I/c1-24-10-17-29(18-11-24)37(30-19-12-25(2)13-20-30)34-8-4-3-6-33(34)36-32(7-5-9-35(36)37)28-15-14-27-23-31(38)21-16-26(27)22-28/h3-19,21-23,30H,20H2,1-2H3. The zero-order chi connectivity index (χ0) is 25.9. The first-order valence-electron chi connectivity index (χ1n) is 13.4. The van der Waals surface area contributed by atoms with Crippen LogP contribution in [-0.2, 0) is 5.41 Å². The third kappa shape index (κ3) is 3.55. The summed E-state index contributed by atoms with van der Waals surface area (Å²) in [4.78, 5) is 0. The fourth-order valence-corrected chi connectivity index (χ4v) is 7.29. The van der Waals surface area contributed by atoms with Gasteiger partial charge in [0.2, 0.25) is 0 Å². The van der Waals surface area contributed by atoms with Crippen molar-refractivity contribution >= 4 is 33.4 Å². The first-order valence-corrected chi connectivity index (χ1v) is 14.5. The summed E-state index contributed by atoms with van der Waals surface area (Å²) in [6, 6.07) is 39.0. The normalized spacial score (nSPS) is 19.8. The van der Waals surface area contributed by atoms with Gasteiger partial charge in [-0.1, -0.05) is 114 Å². The topological polar surface area (TPSA) is 0 Å². The maximum atomic E-state index is 2.46. The summed E-state index contributed by atoms with van der Waals surface area (Å²) in [5.74, 6) is 0.338. The van der Waals surface area contributed by atoms with Crippen LogP contribution in [0.15, 0.2) is 127 Å². The van der Waals surface area contributed by atoms with Gasteiger partial charge < -0.3 is 0 Å². The second kappa shape index (κ2) is 9.10. The summed E-state index contributed by atoms with van der Waals surface area (Å²) >= 11 is 2.40. The number of aryl methyl sites for hydroxylation is 1. The maximum absolute atomic E-state index is 2.46. The van der Waals surface area contributed by atoms with E-state index in [-0.39, 0.29) is 5.41 Å². The minimum atomic E-state index is -0.240. The van der Waals surface area contributed by atoms with E-state index < -0.39 is 0 Å². The molecule has 7 rings (SSSR count). The Morgan fingerprint density at radius 1 is 0.711 bits per heavy atom. The van der Waals surface area contributed by atoms with Crippen molar-refractivity contribution in [2.24, 2.45) is 5.92 Å². The Labute approximate surface area is 238 Å². The molecule has 0 heterocycles. The maximum Gasteiger partial charge on any atom is 0.0529 e. The Morgan fingerprint density at radius 2 is 1.45 bits per heavy atom. The largest absolute Gasteiger partial charge is 0.0810 e. The molecule has 0 aromatic heterocycles. The van der Waals surface area contributed by atoms with Gasteiger partial charge in [0.05, 0.1) is 5.41 Å². The van der Waals surface area contributed by atoms with Crippen LogP contribution in [0.2, 0.25) is 0 Å². The zero-order valence-electron chi connectivity index (χ0n) is 21.7. The summed E-state index contributed by atoms with van der Waals surface area (Å²) in [6.07, 6.45) is 8.23. The fourth-order valence-electron chi connectivity index (χ4n) is 6.78. The highest BCUT2D eigenvalue weighted by molar-refractivity contribution is 14.1. The van der Waals surface area contributed by atoms with Crippen LogP contribution in [0.25, 0.3) is 33.0 Å². The van der Waals surface area contributed by atoms with Gasteiger partial charge >= 0.3 is 0 Å². The minimum absolute atomic E-state index is 0.240. The summed E-state index contributed by atoms with van der Waals surface area (Å²) in [5.41, 5.74) is 12.0. The highest BCUT2D eigenvalue weighted by atomic mass is 127. The van der Waals surface area contributed by atoms with Crippen molar-refractivity contribution in [2.75, 3.05) is 0 Å². The molecule has 2 atom stereocenters. The van der Waals surface area contributed by atoms with Crippen molar-refractivity contribution in [3.8, 4) is 22.3 Å². The Morgan fingerprint density at radius 3 is 2.26 bits per heavy atom. The smallest absolute Gasteiger partial charge is 0.0529 e. The van der Waals surface area contributed by atoms with Crippen molar-refractivity contribution in [2.45, 2.75) is 25.7 Å². The molecule has 0 fully saturated rings. The molecular weight excluding hydrogens is 571 g/mol. The van der Waals surface area contributed by atoms with Gasteiger partial charge in [-0.15, -0.1) is 0 Å². The molecule has 38 heavy (non-hydrogen) atoms. The van der Waals surface area contributed by atoms with Gasteiger partial charge in [-0.05, 0) is 117 Å². The number of benzene rings is 5. The lowest BCUT2D eigenvalue weighted by Crippen LogP contribution is -2.35. The minimum Gasteiger partial charge on any atom is -0.0810 e. The van der Waals surface area contributed by atoms with E-state index in [1.165, 1.54) is 64.4 Å². The summed E-state index contributed by atoms with van der Waals surface area (Å²) in [5, 5.41) is 2.57. The van der Waals surface area contributed by atoms with E-state index in [1.807, 2.05) is 0 Å². The first kappa shape index (κ1) is 23.7. The molecule has 0 saturated carbocycles. The number of allylic oxidation sites excluding steroid dienone is 4. The molecule has 0 radical (unpaired) electrons. The van der Waals surface area contributed by atoms with E-state index in [1.54, 1.807) is 0 Å². The van der Waals surface area contributed by atoms with E-state index in [4.69, 9.17) is 0 Å². The van der Waals surface area contributed by atoms with Crippen LogP contribution < -0.4 is 0 Å². The Hall–Kier alpha value is -3.43. The van der Waals surface area contributed by atoms with Gasteiger partial charge in [-0.2, -0.15) is 0 Å². The van der Waals surface area contributed by atoms with Crippen LogP contribution in [0.4, 0.5) is 0 Å². The highest BCUT2D eigenvalue weighted by Gasteiger charge is 2.49. The van der Waals surface area contributed by atoms with E-state index in [2.05, 4.69) is 158 Å². The number of hydrogen-bond donors (Lipinski definition) is 0. The SMILES string of the molecule is CC1=CCC(C2(c3ccc(C)cc3)c3ccccc3-c3c(-c4ccc5cc(I)ccc5c4)cccc32)C=C1. The third-order valence-corrected chi connectivity index (χ3v) is 9.24. The van der Waals surface area contributed by atoms with Crippen molar-refractivity contribution in [3.05, 3.63) is 153 Å². The van der Waals surface area contributed by atoms with Crippen LogP contribution >= 0.6 is 22.6 Å². The predicted molar refractivity (Wildman–Crippen MR) is 170 cm³/mol. The van der Waals surface area contributed by atoms with Gasteiger partial charge in [0, 0.05) is 3.57 Å². The van der Waals surface area contributed by atoms with Crippen molar-refractivity contribution in [1.29, 1.82) is 0 Å². The molecule has 2 aliphatic carbocycles. The molecule has 0 spiro atoms. The van der Waals surface area contributed by atoms with E-state index in [9.17, 15) is 0 Å². The Kier molecular flexibility index (Phi) is 5.67. The quantitative estimate of drug-likeness (QED) is 0.181. The summed E-state index contributed by atoms with van der Waals surface area (Å²) < 4.78 is 1.27. The van der Waals surface area contributed by atoms with Crippen LogP contribution in [0.1, 0.15) is 35.6 Å². The monoisotopic (exact) mass is 600 g/mol. The lowest BCUT2D eigenvalue weighted by molar-refractivity contribution is 0.456. The zero-order valence-corrected chi connectivity index (χ0v) is 23.9. The summed E-state index contributed by atoms with van der Waals surface area (Å²) in [6.45, 7) is 4.39. The Bertz CT molecular complexity index is 1770. The van der Waals surface area contributed by atoms with Gasteiger partial charge in [0.15, 0.2) is 0 Å². The average Bonchev–Trinajstić information content (AvgIpc) is 3.25. The van der Waals surface area contributed by atoms with E-state index >= 15 is 0 Å². The first-order chi connectivity index (χ1) is 18.6. The molecule has 1 heteroatoms. The summed E-state index contributed by atoms with van der Waals surface area (Å²) in [7, 11) is 0. The lowest BCUT2D eigenvalue weighted by atomic mass is 9.62. The molecule has 0 nitrogen and oxygen atoms in total. The van der Waals surface area contributed by atoms with Crippen molar-refractivity contribution in [1.82, 2.24) is 0 Å². The molecule has 2 aliphatic rings. The molecule has 0 N–H and O–H groups in total. The Balaban J connectivity index is 1.54. The number of halogens is 1. The highest BCUT2D eigenvalue weighted by Crippen LogP contribution is 2.59. The predicted octanol–water partition coefficient (Wildman–Crippen LogP) is 10.3. The van der Waals surface area contributed by atoms with Gasteiger partial charge in [0.1, 0.15) is 0 Å². The molecule has 2 unspecified atom stereocenters. The molecule has 0 bridgehead atoms. The fraction of sp³-hybridized carbons (Fsp3) is 0.135. The van der Waals surface area contributed by atoms with Gasteiger partial charge in [-0.25, -0.2) is 0 Å². The lowest BCUT2D eigenvalue weighted by Gasteiger charge is -2.40. The average molecular weight is 601 g/mol. The van der Waals surface area contributed by atoms with Crippen molar-refractivity contribution < 1.29 is 0 Å². The second-order valence-electron chi connectivity index (χ2n) is 10.8. The van der Waals surface area contributed by atoms with Gasteiger partial charge in [0.25, 0.3) is 0 Å². The molecule has 5 aromatic carbocycles. The van der Waals surface area contributed by atoms with Crippen molar-refractivity contribution in [3.63, 3.8) is 0 Å². The van der Waals surface area contributed by atoms with Crippen LogP contribution in [0, 0.1) is 16.4 Å². The number of fused-ring (bicyclic) bond motifs is 4. The molecule has 5 aromatic rings.